The Morgan fingerprint density at radius 2 is 1.83 bits per heavy atom. The van der Waals surface area contributed by atoms with Gasteiger partial charge in [-0.05, 0) is 28.2 Å². The molecule has 0 radical (unpaired) electrons. The molecule has 3 rings (SSSR count). The van der Waals surface area contributed by atoms with E-state index in [4.69, 9.17) is 0 Å². The summed E-state index contributed by atoms with van der Waals surface area (Å²) in [6.07, 6.45) is 0. The van der Waals surface area contributed by atoms with E-state index >= 15 is 0 Å². The molecular formula is C20H24N2O. The van der Waals surface area contributed by atoms with Crippen LogP contribution in [0.15, 0.2) is 48.5 Å². The van der Waals surface area contributed by atoms with Crippen molar-refractivity contribution in [2.75, 3.05) is 0 Å². The molecule has 0 aliphatic carbocycles. The number of nitrogens with one attached hydrogen (secondary N) is 2. The first-order valence-corrected chi connectivity index (χ1v) is 8.29. The third-order valence-corrected chi connectivity index (χ3v) is 4.48. The van der Waals surface area contributed by atoms with Crippen LogP contribution in [0, 0.1) is 5.92 Å². The van der Waals surface area contributed by atoms with Crippen LogP contribution in [0.1, 0.15) is 42.0 Å². The summed E-state index contributed by atoms with van der Waals surface area (Å²) in [5.74, 6) is 0.263. The van der Waals surface area contributed by atoms with Crippen LogP contribution >= 0.6 is 0 Å². The zero-order valence-electron chi connectivity index (χ0n) is 13.8. The van der Waals surface area contributed by atoms with Gasteiger partial charge in [-0.25, -0.2) is 0 Å². The molecule has 1 aliphatic rings. The maximum atomic E-state index is 12.7. The Kier molecular flexibility index (Phi) is 4.77. The summed E-state index contributed by atoms with van der Waals surface area (Å²) < 4.78 is 0. The van der Waals surface area contributed by atoms with Gasteiger partial charge in [0.1, 0.15) is 0 Å². The lowest BCUT2D eigenvalue weighted by atomic mass is 9.87. The Bertz CT molecular complexity index is 679. The molecule has 0 saturated carbocycles. The average Bonchev–Trinajstić information content (AvgIpc) is 3.01. The van der Waals surface area contributed by atoms with Crippen LogP contribution in [0.5, 0.6) is 0 Å². The molecular weight excluding hydrogens is 284 g/mol. The number of benzene rings is 2. The predicted octanol–water partition coefficient (Wildman–Crippen LogP) is 3.35. The van der Waals surface area contributed by atoms with Gasteiger partial charge in [0.15, 0.2) is 0 Å². The summed E-state index contributed by atoms with van der Waals surface area (Å²) in [5, 5.41) is 6.46. The molecule has 0 saturated heterocycles. The zero-order valence-corrected chi connectivity index (χ0v) is 13.8. The number of amides is 1. The van der Waals surface area contributed by atoms with Crippen molar-refractivity contribution in [3.63, 3.8) is 0 Å². The molecule has 0 aromatic heterocycles. The second-order valence-corrected chi connectivity index (χ2v) is 6.56. The SMILES string of the molecule is CC(C)C(C(=O)NCc1ccc2c(c1)CNC2)c1ccccc1. The quantitative estimate of drug-likeness (QED) is 0.889. The average molecular weight is 308 g/mol. The maximum absolute atomic E-state index is 12.7. The summed E-state index contributed by atoms with van der Waals surface area (Å²) in [4.78, 5) is 12.7. The topological polar surface area (TPSA) is 41.1 Å². The highest BCUT2D eigenvalue weighted by Gasteiger charge is 2.23. The highest BCUT2D eigenvalue weighted by atomic mass is 16.1. The molecule has 1 unspecified atom stereocenters. The molecule has 3 heteroatoms. The number of hydrogen-bond acceptors (Lipinski definition) is 2. The van der Waals surface area contributed by atoms with Gasteiger partial charge in [-0.2, -0.15) is 0 Å². The van der Waals surface area contributed by atoms with Crippen LogP contribution in [0.2, 0.25) is 0 Å². The van der Waals surface area contributed by atoms with Gasteiger partial charge in [0.25, 0.3) is 0 Å². The Morgan fingerprint density at radius 3 is 2.57 bits per heavy atom. The lowest BCUT2D eigenvalue weighted by molar-refractivity contribution is -0.123. The van der Waals surface area contributed by atoms with E-state index < -0.39 is 0 Å². The maximum Gasteiger partial charge on any atom is 0.228 e. The largest absolute Gasteiger partial charge is 0.351 e. The zero-order chi connectivity index (χ0) is 16.2. The monoisotopic (exact) mass is 308 g/mol. The second kappa shape index (κ2) is 6.97. The van der Waals surface area contributed by atoms with Crippen LogP contribution in [-0.2, 0) is 24.4 Å². The fourth-order valence-electron chi connectivity index (χ4n) is 3.26. The van der Waals surface area contributed by atoms with E-state index in [0.717, 1.165) is 24.2 Å². The van der Waals surface area contributed by atoms with E-state index in [2.05, 4.69) is 42.7 Å². The summed E-state index contributed by atoms with van der Waals surface area (Å²) in [6.45, 7) is 6.65. The molecule has 3 nitrogen and oxygen atoms in total. The molecule has 0 fully saturated rings. The predicted molar refractivity (Wildman–Crippen MR) is 92.9 cm³/mol. The number of carbonyl (C=O) groups is 1. The van der Waals surface area contributed by atoms with Gasteiger partial charge in [0.2, 0.25) is 5.91 Å². The first-order chi connectivity index (χ1) is 11.1. The minimum Gasteiger partial charge on any atom is -0.351 e. The normalized spacial score (nSPS) is 14.6. The molecule has 120 valence electrons. The first kappa shape index (κ1) is 15.8. The summed E-state index contributed by atoms with van der Waals surface area (Å²) in [5.41, 5.74) is 4.96. The lowest BCUT2D eigenvalue weighted by Gasteiger charge is -2.21. The lowest BCUT2D eigenvalue weighted by Crippen LogP contribution is -2.31. The smallest absolute Gasteiger partial charge is 0.228 e. The van der Waals surface area contributed by atoms with Gasteiger partial charge in [0, 0.05) is 19.6 Å². The van der Waals surface area contributed by atoms with Crippen molar-refractivity contribution in [3.05, 3.63) is 70.8 Å². The molecule has 2 aromatic rings. The van der Waals surface area contributed by atoms with Gasteiger partial charge in [-0.1, -0.05) is 62.4 Å². The van der Waals surface area contributed by atoms with Crippen molar-refractivity contribution in [1.82, 2.24) is 10.6 Å². The minimum absolute atomic E-state index is 0.102. The summed E-state index contributed by atoms with van der Waals surface area (Å²) in [7, 11) is 0. The summed E-state index contributed by atoms with van der Waals surface area (Å²) in [6, 6.07) is 16.5. The second-order valence-electron chi connectivity index (χ2n) is 6.56. The van der Waals surface area contributed by atoms with Crippen molar-refractivity contribution in [1.29, 1.82) is 0 Å². The van der Waals surface area contributed by atoms with Gasteiger partial charge >= 0.3 is 0 Å². The highest BCUT2D eigenvalue weighted by Crippen LogP contribution is 2.24. The third kappa shape index (κ3) is 3.62. The van der Waals surface area contributed by atoms with Crippen LogP contribution < -0.4 is 10.6 Å². The third-order valence-electron chi connectivity index (χ3n) is 4.48. The molecule has 0 spiro atoms. The van der Waals surface area contributed by atoms with Gasteiger partial charge < -0.3 is 10.6 Å². The van der Waals surface area contributed by atoms with Crippen molar-refractivity contribution >= 4 is 5.91 Å². The molecule has 2 N–H and O–H groups in total. The number of rotatable bonds is 5. The molecule has 23 heavy (non-hydrogen) atoms. The van der Waals surface area contributed by atoms with E-state index in [-0.39, 0.29) is 17.7 Å². The molecule has 1 amide bonds. The standard InChI is InChI=1S/C20H24N2O/c1-14(2)19(16-6-4-3-5-7-16)20(23)22-11-15-8-9-17-12-21-13-18(17)10-15/h3-10,14,19,21H,11-13H2,1-2H3,(H,22,23). The van der Waals surface area contributed by atoms with E-state index in [1.54, 1.807) is 0 Å². The first-order valence-electron chi connectivity index (χ1n) is 8.29. The van der Waals surface area contributed by atoms with Crippen LogP contribution in [0.3, 0.4) is 0 Å². The van der Waals surface area contributed by atoms with Crippen molar-refractivity contribution in [3.8, 4) is 0 Å². The number of hydrogen-bond donors (Lipinski definition) is 2. The number of carbonyl (C=O) groups excluding carboxylic acids is 1. The Morgan fingerprint density at radius 1 is 1.09 bits per heavy atom. The fraction of sp³-hybridized carbons (Fsp3) is 0.350. The van der Waals surface area contributed by atoms with E-state index in [0.29, 0.717) is 6.54 Å². The number of fused-ring (bicyclic) bond motifs is 1. The van der Waals surface area contributed by atoms with Crippen LogP contribution in [-0.4, -0.2) is 5.91 Å². The minimum atomic E-state index is -0.104. The summed E-state index contributed by atoms with van der Waals surface area (Å²) >= 11 is 0. The Labute approximate surface area is 138 Å². The van der Waals surface area contributed by atoms with Crippen LogP contribution in [0.4, 0.5) is 0 Å². The molecule has 0 bridgehead atoms. The van der Waals surface area contributed by atoms with Gasteiger partial charge in [-0.3, -0.25) is 4.79 Å². The highest BCUT2D eigenvalue weighted by molar-refractivity contribution is 5.83. The van der Waals surface area contributed by atoms with Crippen LogP contribution in [0.25, 0.3) is 0 Å². The molecule has 1 atom stereocenters. The van der Waals surface area contributed by atoms with E-state index in [1.807, 2.05) is 30.3 Å². The van der Waals surface area contributed by atoms with E-state index in [9.17, 15) is 4.79 Å². The Balaban J connectivity index is 1.68. The molecule has 2 aromatic carbocycles. The fourth-order valence-corrected chi connectivity index (χ4v) is 3.26. The Hall–Kier alpha value is -2.13. The molecule has 1 heterocycles. The van der Waals surface area contributed by atoms with Crippen molar-refractivity contribution < 1.29 is 4.79 Å². The van der Waals surface area contributed by atoms with Gasteiger partial charge in [-0.15, -0.1) is 0 Å². The van der Waals surface area contributed by atoms with Crippen molar-refractivity contribution in [2.24, 2.45) is 5.92 Å². The van der Waals surface area contributed by atoms with Crippen molar-refractivity contribution in [2.45, 2.75) is 39.4 Å². The van der Waals surface area contributed by atoms with E-state index in [1.165, 1.54) is 11.1 Å². The van der Waals surface area contributed by atoms with Gasteiger partial charge in [0.05, 0.1) is 5.92 Å². The molecule has 1 aliphatic heterocycles.